The molecule has 1 unspecified atom stereocenters. The third kappa shape index (κ3) is 5.88. The Balaban J connectivity index is 1.53. The number of aromatic nitrogens is 3. The fourth-order valence-corrected chi connectivity index (χ4v) is 1.77. The monoisotopic (exact) mass is 294 g/mol. The number of hydrogen-bond acceptors (Lipinski definition) is 5. The van der Waals surface area contributed by atoms with Gasteiger partial charge in [-0.15, -0.1) is 5.10 Å². The fraction of sp³-hybridized carbons (Fsp3) is 0.429. The van der Waals surface area contributed by atoms with Crippen LogP contribution < -0.4 is 10.1 Å². The summed E-state index contributed by atoms with van der Waals surface area (Å²) in [6, 6.07) is 5.72. The lowest BCUT2D eigenvalue weighted by Crippen LogP contribution is -2.32. The fourth-order valence-electron chi connectivity index (χ4n) is 1.77. The molecule has 0 saturated carbocycles. The predicted molar refractivity (Wildman–Crippen MR) is 75.4 cm³/mol. The first-order valence-electron chi connectivity index (χ1n) is 6.85. The summed E-state index contributed by atoms with van der Waals surface area (Å²) in [7, 11) is 0. The molecule has 2 aromatic rings. The second-order valence-corrected chi connectivity index (χ2v) is 4.64. The van der Waals surface area contributed by atoms with Gasteiger partial charge in [0.1, 0.15) is 24.3 Å². The standard InChI is InChI=1S/C14H19FN4O2/c15-12-2-4-14(5-3-12)21-11-13(20)10-16-6-1-8-19-9-7-17-18-19/h2-5,7,9,13,16,20H,1,6,8,10-11H2. The minimum Gasteiger partial charge on any atom is -0.491 e. The van der Waals surface area contributed by atoms with Crippen molar-refractivity contribution in [1.82, 2.24) is 20.3 Å². The van der Waals surface area contributed by atoms with Crippen molar-refractivity contribution in [2.75, 3.05) is 19.7 Å². The summed E-state index contributed by atoms with van der Waals surface area (Å²) >= 11 is 0. The molecule has 0 fully saturated rings. The quantitative estimate of drug-likeness (QED) is 0.671. The van der Waals surface area contributed by atoms with Crippen molar-refractivity contribution in [2.24, 2.45) is 0 Å². The zero-order chi connectivity index (χ0) is 14.9. The van der Waals surface area contributed by atoms with Crippen molar-refractivity contribution in [1.29, 1.82) is 0 Å². The Morgan fingerprint density at radius 2 is 2.14 bits per heavy atom. The summed E-state index contributed by atoms with van der Waals surface area (Å²) in [5.74, 6) is 0.235. The Bertz CT molecular complexity index is 504. The number of nitrogens with one attached hydrogen (secondary N) is 1. The summed E-state index contributed by atoms with van der Waals surface area (Å²) < 4.78 is 19.8. The van der Waals surface area contributed by atoms with Gasteiger partial charge in [-0.2, -0.15) is 0 Å². The molecule has 1 aromatic carbocycles. The van der Waals surface area contributed by atoms with Gasteiger partial charge in [0.05, 0.1) is 6.20 Å². The van der Waals surface area contributed by atoms with Crippen LogP contribution in [-0.4, -0.2) is 45.9 Å². The van der Waals surface area contributed by atoms with Gasteiger partial charge >= 0.3 is 0 Å². The van der Waals surface area contributed by atoms with Crippen molar-refractivity contribution in [3.63, 3.8) is 0 Å². The van der Waals surface area contributed by atoms with Crippen LogP contribution in [0.1, 0.15) is 6.42 Å². The highest BCUT2D eigenvalue weighted by Gasteiger charge is 2.05. The SMILES string of the molecule is OC(CNCCCn1ccnn1)COc1ccc(F)cc1. The first-order chi connectivity index (χ1) is 10.2. The number of hydrogen-bond donors (Lipinski definition) is 2. The number of ether oxygens (including phenoxy) is 1. The van der Waals surface area contributed by atoms with Crippen LogP contribution >= 0.6 is 0 Å². The van der Waals surface area contributed by atoms with E-state index in [1.54, 1.807) is 10.9 Å². The lowest BCUT2D eigenvalue weighted by molar-refractivity contribution is 0.106. The lowest BCUT2D eigenvalue weighted by atomic mass is 10.3. The van der Waals surface area contributed by atoms with Crippen LogP contribution in [0, 0.1) is 5.82 Å². The van der Waals surface area contributed by atoms with Gasteiger partial charge in [-0.05, 0) is 37.2 Å². The molecule has 0 amide bonds. The number of aliphatic hydroxyl groups excluding tert-OH is 1. The second kappa shape index (κ2) is 8.33. The summed E-state index contributed by atoms with van der Waals surface area (Å²) in [5.41, 5.74) is 0. The van der Waals surface area contributed by atoms with Crippen LogP contribution in [0.15, 0.2) is 36.7 Å². The Morgan fingerprint density at radius 3 is 2.86 bits per heavy atom. The zero-order valence-corrected chi connectivity index (χ0v) is 11.7. The largest absolute Gasteiger partial charge is 0.491 e. The molecule has 0 radical (unpaired) electrons. The molecule has 0 aliphatic carbocycles. The van der Waals surface area contributed by atoms with E-state index in [0.717, 1.165) is 19.5 Å². The van der Waals surface area contributed by atoms with Crippen LogP contribution in [0.3, 0.4) is 0 Å². The molecule has 0 saturated heterocycles. The molecule has 21 heavy (non-hydrogen) atoms. The van der Waals surface area contributed by atoms with Gasteiger partial charge in [0, 0.05) is 19.3 Å². The van der Waals surface area contributed by atoms with Crippen molar-refractivity contribution in [3.8, 4) is 5.75 Å². The maximum absolute atomic E-state index is 12.7. The maximum atomic E-state index is 12.7. The van der Waals surface area contributed by atoms with E-state index >= 15 is 0 Å². The molecule has 2 N–H and O–H groups in total. The zero-order valence-electron chi connectivity index (χ0n) is 11.7. The molecule has 114 valence electrons. The summed E-state index contributed by atoms with van der Waals surface area (Å²) in [4.78, 5) is 0. The molecular formula is C14H19FN4O2. The summed E-state index contributed by atoms with van der Waals surface area (Å²) in [6.45, 7) is 2.17. The van der Waals surface area contributed by atoms with Crippen LogP contribution in [0.5, 0.6) is 5.75 Å². The number of rotatable bonds is 9. The first kappa shape index (κ1) is 15.4. The van der Waals surface area contributed by atoms with Crippen LogP contribution in [0.4, 0.5) is 4.39 Å². The van der Waals surface area contributed by atoms with Crippen LogP contribution in [0.25, 0.3) is 0 Å². The van der Waals surface area contributed by atoms with E-state index in [1.807, 2.05) is 6.20 Å². The van der Waals surface area contributed by atoms with Crippen LogP contribution in [0.2, 0.25) is 0 Å². The van der Waals surface area contributed by atoms with Crippen molar-refractivity contribution >= 4 is 0 Å². The van der Waals surface area contributed by atoms with Gasteiger partial charge in [-0.3, -0.25) is 4.68 Å². The minimum atomic E-state index is -0.610. The highest BCUT2D eigenvalue weighted by Crippen LogP contribution is 2.11. The molecule has 1 atom stereocenters. The third-order valence-corrected chi connectivity index (χ3v) is 2.85. The van der Waals surface area contributed by atoms with Crippen molar-refractivity contribution < 1.29 is 14.2 Å². The van der Waals surface area contributed by atoms with E-state index in [0.29, 0.717) is 12.3 Å². The maximum Gasteiger partial charge on any atom is 0.123 e. The molecule has 0 bridgehead atoms. The highest BCUT2D eigenvalue weighted by atomic mass is 19.1. The van der Waals surface area contributed by atoms with E-state index in [-0.39, 0.29) is 12.4 Å². The molecule has 0 spiro atoms. The van der Waals surface area contributed by atoms with E-state index < -0.39 is 6.10 Å². The molecule has 1 heterocycles. The topological polar surface area (TPSA) is 72.2 Å². The lowest BCUT2D eigenvalue weighted by Gasteiger charge is -2.13. The number of nitrogens with zero attached hydrogens (tertiary/aromatic N) is 3. The van der Waals surface area contributed by atoms with Crippen LogP contribution in [-0.2, 0) is 6.54 Å². The Morgan fingerprint density at radius 1 is 1.33 bits per heavy atom. The van der Waals surface area contributed by atoms with E-state index in [1.165, 1.54) is 24.3 Å². The van der Waals surface area contributed by atoms with Crippen molar-refractivity contribution in [3.05, 3.63) is 42.5 Å². The Hall–Kier alpha value is -1.99. The van der Waals surface area contributed by atoms with E-state index in [2.05, 4.69) is 15.6 Å². The molecule has 2 rings (SSSR count). The van der Waals surface area contributed by atoms with Gasteiger partial charge in [0.2, 0.25) is 0 Å². The summed E-state index contributed by atoms with van der Waals surface area (Å²) in [5, 5.41) is 20.5. The number of benzene rings is 1. The number of halogens is 1. The Labute approximate surface area is 122 Å². The predicted octanol–water partition coefficient (Wildman–Crippen LogP) is 0.837. The van der Waals surface area contributed by atoms with Gasteiger partial charge in [-0.1, -0.05) is 5.21 Å². The second-order valence-electron chi connectivity index (χ2n) is 4.64. The van der Waals surface area contributed by atoms with Gasteiger partial charge in [-0.25, -0.2) is 4.39 Å². The van der Waals surface area contributed by atoms with Gasteiger partial charge < -0.3 is 15.2 Å². The van der Waals surface area contributed by atoms with Crippen molar-refractivity contribution in [2.45, 2.75) is 19.1 Å². The minimum absolute atomic E-state index is 0.168. The third-order valence-electron chi connectivity index (χ3n) is 2.85. The first-order valence-corrected chi connectivity index (χ1v) is 6.85. The molecule has 1 aromatic heterocycles. The highest BCUT2D eigenvalue weighted by molar-refractivity contribution is 5.22. The molecule has 7 heteroatoms. The number of aryl methyl sites for hydroxylation is 1. The normalized spacial score (nSPS) is 12.3. The molecule has 0 aliphatic heterocycles. The molecule has 0 aliphatic rings. The number of aliphatic hydroxyl groups is 1. The average molecular weight is 294 g/mol. The van der Waals surface area contributed by atoms with Gasteiger partial charge in [0.15, 0.2) is 0 Å². The van der Waals surface area contributed by atoms with E-state index in [4.69, 9.17) is 4.74 Å². The van der Waals surface area contributed by atoms with E-state index in [9.17, 15) is 9.50 Å². The molecular weight excluding hydrogens is 275 g/mol. The Kier molecular flexibility index (Phi) is 6.11. The van der Waals surface area contributed by atoms with Gasteiger partial charge in [0.25, 0.3) is 0 Å². The smallest absolute Gasteiger partial charge is 0.123 e. The molecule has 6 nitrogen and oxygen atoms in total. The summed E-state index contributed by atoms with van der Waals surface area (Å²) in [6.07, 6.45) is 3.74. The average Bonchev–Trinajstić information content (AvgIpc) is 2.99.